The lowest BCUT2D eigenvalue weighted by molar-refractivity contribution is 0.0492. The second-order valence-electron chi connectivity index (χ2n) is 4.47. The average Bonchev–Trinajstić information content (AvgIpc) is 2.30. The van der Waals surface area contributed by atoms with Gasteiger partial charge in [0.05, 0.1) is 12.2 Å². The van der Waals surface area contributed by atoms with Crippen molar-refractivity contribution in [2.24, 2.45) is 0 Å². The highest BCUT2D eigenvalue weighted by Crippen LogP contribution is 2.18. The molecule has 1 rings (SSSR count). The first-order chi connectivity index (χ1) is 8.41. The summed E-state index contributed by atoms with van der Waals surface area (Å²) >= 11 is 0. The van der Waals surface area contributed by atoms with Crippen molar-refractivity contribution in [1.82, 2.24) is 4.90 Å². The normalized spacial score (nSPS) is 10.7. The van der Waals surface area contributed by atoms with E-state index in [1.54, 1.807) is 6.92 Å². The van der Waals surface area contributed by atoms with E-state index in [-0.39, 0.29) is 11.3 Å². The molecule has 4 nitrogen and oxygen atoms in total. The van der Waals surface area contributed by atoms with E-state index in [2.05, 4.69) is 0 Å². The van der Waals surface area contributed by atoms with Crippen LogP contribution in [0.4, 0.5) is 10.1 Å². The van der Waals surface area contributed by atoms with Gasteiger partial charge in [-0.05, 0) is 39.6 Å². The Kier molecular flexibility index (Phi) is 5.09. The number of nitrogens with two attached hydrogens (primary N) is 1. The first-order valence-electron chi connectivity index (χ1n) is 5.79. The van der Waals surface area contributed by atoms with Crippen LogP contribution in [-0.2, 0) is 4.74 Å². The SMILES string of the molecule is Cc1c(N)cc(C(=O)OCCCN(C)C)cc1F. The number of halogens is 1. The van der Waals surface area contributed by atoms with Crippen molar-refractivity contribution in [3.8, 4) is 0 Å². The molecule has 0 saturated heterocycles. The molecule has 1 aromatic rings. The number of hydrogen-bond acceptors (Lipinski definition) is 4. The van der Waals surface area contributed by atoms with E-state index in [1.807, 2.05) is 19.0 Å². The van der Waals surface area contributed by atoms with Gasteiger partial charge in [0.1, 0.15) is 5.82 Å². The smallest absolute Gasteiger partial charge is 0.338 e. The van der Waals surface area contributed by atoms with Gasteiger partial charge in [-0.1, -0.05) is 0 Å². The van der Waals surface area contributed by atoms with Crippen LogP contribution < -0.4 is 5.73 Å². The molecule has 2 N–H and O–H groups in total. The Balaban J connectivity index is 2.57. The highest BCUT2D eigenvalue weighted by Gasteiger charge is 2.12. The van der Waals surface area contributed by atoms with Crippen LogP contribution >= 0.6 is 0 Å². The minimum atomic E-state index is -0.542. The summed E-state index contributed by atoms with van der Waals surface area (Å²) in [6, 6.07) is 2.59. The Morgan fingerprint density at radius 2 is 2.11 bits per heavy atom. The van der Waals surface area contributed by atoms with Gasteiger partial charge in [-0.3, -0.25) is 0 Å². The molecule has 0 aliphatic rings. The molecule has 0 aliphatic heterocycles. The number of esters is 1. The van der Waals surface area contributed by atoms with E-state index >= 15 is 0 Å². The Morgan fingerprint density at radius 3 is 2.67 bits per heavy atom. The summed E-state index contributed by atoms with van der Waals surface area (Å²) < 4.78 is 18.4. The molecule has 0 saturated carbocycles. The Bertz CT molecular complexity index is 410. The Hall–Kier alpha value is -1.62. The zero-order valence-electron chi connectivity index (χ0n) is 11.0. The van der Waals surface area contributed by atoms with Crippen molar-refractivity contribution < 1.29 is 13.9 Å². The standard InChI is InChI=1S/C13H19FN2O2/c1-9-11(14)7-10(8-12(9)15)13(17)18-6-4-5-16(2)3/h7-8H,4-6,15H2,1-3H3. The lowest BCUT2D eigenvalue weighted by atomic mass is 10.1. The molecule has 1 aromatic carbocycles. The number of hydrogen-bond donors (Lipinski definition) is 1. The van der Waals surface area contributed by atoms with Crippen molar-refractivity contribution in [2.75, 3.05) is 33.0 Å². The fourth-order valence-electron chi connectivity index (χ4n) is 1.45. The minimum Gasteiger partial charge on any atom is -0.462 e. The van der Waals surface area contributed by atoms with E-state index in [0.717, 1.165) is 19.0 Å². The predicted molar refractivity (Wildman–Crippen MR) is 69.0 cm³/mol. The topological polar surface area (TPSA) is 55.6 Å². The van der Waals surface area contributed by atoms with Gasteiger partial charge in [-0.15, -0.1) is 0 Å². The molecular formula is C13H19FN2O2. The minimum absolute atomic E-state index is 0.153. The first-order valence-corrected chi connectivity index (χ1v) is 5.79. The largest absolute Gasteiger partial charge is 0.462 e. The first kappa shape index (κ1) is 14.4. The van der Waals surface area contributed by atoms with Gasteiger partial charge in [0.25, 0.3) is 0 Å². The van der Waals surface area contributed by atoms with Gasteiger partial charge in [0.15, 0.2) is 0 Å². The molecule has 0 unspecified atom stereocenters. The molecule has 0 spiro atoms. The van der Waals surface area contributed by atoms with Gasteiger partial charge in [-0.2, -0.15) is 0 Å². The number of ether oxygens (including phenoxy) is 1. The summed E-state index contributed by atoms with van der Waals surface area (Å²) in [6.45, 7) is 2.71. The fourth-order valence-corrected chi connectivity index (χ4v) is 1.45. The van der Waals surface area contributed by atoms with E-state index in [0.29, 0.717) is 12.2 Å². The molecule has 0 aromatic heterocycles. The zero-order chi connectivity index (χ0) is 13.7. The quantitative estimate of drug-likeness (QED) is 0.495. The van der Waals surface area contributed by atoms with Crippen LogP contribution in [0.2, 0.25) is 0 Å². The second kappa shape index (κ2) is 6.35. The summed E-state index contributed by atoms with van der Waals surface area (Å²) in [4.78, 5) is 13.6. The maximum absolute atomic E-state index is 13.4. The highest BCUT2D eigenvalue weighted by atomic mass is 19.1. The van der Waals surface area contributed by atoms with Crippen molar-refractivity contribution in [3.63, 3.8) is 0 Å². The number of anilines is 1. The van der Waals surface area contributed by atoms with E-state index in [4.69, 9.17) is 10.5 Å². The molecule has 0 fully saturated rings. The molecule has 5 heteroatoms. The van der Waals surface area contributed by atoms with Crippen LogP contribution in [0.15, 0.2) is 12.1 Å². The maximum Gasteiger partial charge on any atom is 0.338 e. The van der Waals surface area contributed by atoms with E-state index in [1.165, 1.54) is 6.07 Å². The molecule has 100 valence electrons. The highest BCUT2D eigenvalue weighted by molar-refractivity contribution is 5.90. The van der Waals surface area contributed by atoms with Crippen LogP contribution in [-0.4, -0.2) is 38.1 Å². The third-order valence-corrected chi connectivity index (χ3v) is 2.60. The van der Waals surface area contributed by atoms with Crippen LogP contribution in [0.1, 0.15) is 22.3 Å². The summed E-state index contributed by atoms with van der Waals surface area (Å²) in [5, 5.41) is 0. The molecule has 0 aliphatic carbocycles. The van der Waals surface area contributed by atoms with Crippen LogP contribution in [0, 0.1) is 12.7 Å². The molecule has 0 bridgehead atoms. The van der Waals surface area contributed by atoms with E-state index < -0.39 is 11.8 Å². The summed E-state index contributed by atoms with van der Waals surface area (Å²) in [7, 11) is 3.88. The predicted octanol–water partition coefficient (Wildman–Crippen LogP) is 1.82. The number of carbonyl (C=O) groups excluding carboxylic acids is 1. The third-order valence-electron chi connectivity index (χ3n) is 2.60. The monoisotopic (exact) mass is 254 g/mol. The lowest BCUT2D eigenvalue weighted by Crippen LogP contribution is -2.16. The molecule has 18 heavy (non-hydrogen) atoms. The molecule has 0 atom stereocenters. The molecular weight excluding hydrogens is 235 g/mol. The van der Waals surface area contributed by atoms with Crippen LogP contribution in [0.5, 0.6) is 0 Å². The fraction of sp³-hybridized carbons (Fsp3) is 0.462. The number of carbonyl (C=O) groups is 1. The lowest BCUT2D eigenvalue weighted by Gasteiger charge is -2.10. The van der Waals surface area contributed by atoms with Crippen LogP contribution in [0.25, 0.3) is 0 Å². The van der Waals surface area contributed by atoms with Gasteiger partial charge >= 0.3 is 5.97 Å². The van der Waals surface area contributed by atoms with Gasteiger partial charge < -0.3 is 15.4 Å². The Morgan fingerprint density at radius 1 is 1.44 bits per heavy atom. The van der Waals surface area contributed by atoms with Gasteiger partial charge in [0, 0.05) is 17.8 Å². The number of rotatable bonds is 5. The van der Waals surface area contributed by atoms with Crippen LogP contribution in [0.3, 0.4) is 0 Å². The number of benzene rings is 1. The summed E-state index contributed by atoms with van der Waals surface area (Å²) in [5.41, 5.74) is 6.36. The molecule has 0 radical (unpaired) electrons. The zero-order valence-corrected chi connectivity index (χ0v) is 11.0. The molecule has 0 amide bonds. The van der Waals surface area contributed by atoms with Crippen molar-refractivity contribution >= 4 is 11.7 Å². The van der Waals surface area contributed by atoms with Gasteiger partial charge in [-0.25, -0.2) is 9.18 Å². The van der Waals surface area contributed by atoms with E-state index in [9.17, 15) is 9.18 Å². The van der Waals surface area contributed by atoms with Crippen molar-refractivity contribution in [3.05, 3.63) is 29.1 Å². The number of nitrogens with zero attached hydrogens (tertiary/aromatic N) is 1. The van der Waals surface area contributed by atoms with Gasteiger partial charge in [0.2, 0.25) is 0 Å². The maximum atomic E-state index is 13.4. The number of nitrogen functional groups attached to an aromatic ring is 1. The second-order valence-corrected chi connectivity index (χ2v) is 4.47. The van der Waals surface area contributed by atoms with Crippen molar-refractivity contribution in [2.45, 2.75) is 13.3 Å². The van der Waals surface area contributed by atoms with Crippen molar-refractivity contribution in [1.29, 1.82) is 0 Å². The molecule has 0 heterocycles. The third kappa shape index (κ3) is 4.00. The Labute approximate surface area is 107 Å². The summed E-state index contributed by atoms with van der Waals surface area (Å²) in [5.74, 6) is -1.03. The average molecular weight is 254 g/mol. The summed E-state index contributed by atoms with van der Waals surface area (Å²) in [6.07, 6.45) is 0.739.